The Bertz CT molecular complexity index is 631. The largest absolute Gasteiger partial charge is 0.462 e. The van der Waals surface area contributed by atoms with E-state index in [0.29, 0.717) is 21.0 Å². The highest BCUT2D eigenvalue weighted by Crippen LogP contribution is 2.28. The number of hydrogen-bond donors (Lipinski definition) is 0. The van der Waals surface area contributed by atoms with E-state index in [-0.39, 0.29) is 0 Å². The average Bonchev–Trinajstić information content (AvgIpc) is 2.76. The van der Waals surface area contributed by atoms with Crippen LogP contribution < -0.4 is 4.74 Å². The molecule has 1 aromatic carbocycles. The van der Waals surface area contributed by atoms with Gasteiger partial charge in [0.15, 0.2) is 0 Å². The smallest absolute Gasteiger partial charge is 0.336 e. The fraction of sp³-hybridized carbons (Fsp3) is 0.0714. The van der Waals surface area contributed by atoms with Crippen LogP contribution in [0.2, 0.25) is 5.02 Å². The van der Waals surface area contributed by atoms with Gasteiger partial charge in [0, 0.05) is 11.1 Å². The highest BCUT2D eigenvalue weighted by molar-refractivity contribution is 9.10. The van der Waals surface area contributed by atoms with Crippen LogP contribution in [0, 0.1) is 6.92 Å². The predicted molar refractivity (Wildman–Crippen MR) is 77.3 cm³/mol. The molecule has 2 rings (SSSR count). The molecular formula is C14H10BrClO3. The Kier molecular flexibility index (Phi) is 4.45. The molecule has 2 aromatic rings. The number of esters is 1. The van der Waals surface area contributed by atoms with Crippen molar-refractivity contribution in [2.24, 2.45) is 0 Å². The van der Waals surface area contributed by atoms with E-state index < -0.39 is 5.97 Å². The number of ether oxygens (including phenoxy) is 1. The highest BCUT2D eigenvalue weighted by atomic mass is 79.9. The zero-order valence-corrected chi connectivity index (χ0v) is 12.4. The van der Waals surface area contributed by atoms with E-state index in [1.54, 1.807) is 30.3 Å². The molecule has 19 heavy (non-hydrogen) atoms. The Morgan fingerprint density at radius 2 is 2.16 bits per heavy atom. The lowest BCUT2D eigenvalue weighted by Gasteiger charge is -2.03. The van der Waals surface area contributed by atoms with E-state index in [9.17, 15) is 4.79 Å². The van der Waals surface area contributed by atoms with Gasteiger partial charge >= 0.3 is 5.97 Å². The van der Waals surface area contributed by atoms with Gasteiger partial charge in [-0.2, -0.15) is 0 Å². The summed E-state index contributed by atoms with van der Waals surface area (Å²) in [5.74, 6) is 1.31. The Labute approximate surface area is 123 Å². The maximum atomic E-state index is 11.6. The van der Waals surface area contributed by atoms with Crippen molar-refractivity contribution in [2.45, 2.75) is 6.92 Å². The van der Waals surface area contributed by atoms with Gasteiger partial charge in [-0.3, -0.25) is 0 Å². The van der Waals surface area contributed by atoms with E-state index in [4.69, 9.17) is 20.8 Å². The van der Waals surface area contributed by atoms with Crippen molar-refractivity contribution in [1.29, 1.82) is 0 Å². The van der Waals surface area contributed by atoms with Gasteiger partial charge in [0.25, 0.3) is 0 Å². The van der Waals surface area contributed by atoms with Crippen LogP contribution in [-0.2, 0) is 4.79 Å². The SMILES string of the molecule is Cc1ccc(C=CC(=O)Oc2ccc(Cl)cc2Br)o1. The number of carbonyl (C=O) groups excluding carboxylic acids is 1. The number of halogens is 2. The molecule has 0 atom stereocenters. The molecule has 1 aromatic heterocycles. The second kappa shape index (κ2) is 6.08. The molecule has 0 amide bonds. The molecule has 0 aliphatic rings. The number of hydrogen-bond acceptors (Lipinski definition) is 3. The predicted octanol–water partition coefficient (Wildman–Crippen LogP) is 4.62. The van der Waals surface area contributed by atoms with Crippen LogP contribution in [0.25, 0.3) is 6.08 Å². The standard InChI is InChI=1S/C14H10BrClO3/c1-9-2-4-11(18-9)5-7-14(17)19-13-6-3-10(16)8-12(13)15/h2-8H,1H3. The van der Waals surface area contributed by atoms with Crippen molar-refractivity contribution in [1.82, 2.24) is 0 Å². The molecule has 0 fully saturated rings. The lowest BCUT2D eigenvalue weighted by Crippen LogP contribution is -2.03. The van der Waals surface area contributed by atoms with Crippen molar-refractivity contribution >= 4 is 39.6 Å². The summed E-state index contributed by atoms with van der Waals surface area (Å²) in [7, 11) is 0. The van der Waals surface area contributed by atoms with Gasteiger partial charge in [-0.05, 0) is 59.3 Å². The molecule has 0 spiro atoms. The molecule has 3 nitrogen and oxygen atoms in total. The van der Waals surface area contributed by atoms with Crippen molar-refractivity contribution in [2.75, 3.05) is 0 Å². The van der Waals surface area contributed by atoms with Crippen molar-refractivity contribution in [3.05, 3.63) is 57.4 Å². The normalized spacial score (nSPS) is 10.9. The first-order valence-corrected chi connectivity index (χ1v) is 6.63. The summed E-state index contributed by atoms with van der Waals surface area (Å²) in [6.45, 7) is 1.83. The Balaban J connectivity index is 2.03. The second-order valence-electron chi connectivity index (χ2n) is 3.78. The minimum absolute atomic E-state index is 0.412. The summed E-state index contributed by atoms with van der Waals surface area (Å²) in [5, 5.41) is 0.563. The molecule has 0 N–H and O–H groups in total. The maximum absolute atomic E-state index is 11.6. The van der Waals surface area contributed by atoms with Gasteiger partial charge in [0.1, 0.15) is 17.3 Å². The zero-order chi connectivity index (χ0) is 13.8. The van der Waals surface area contributed by atoms with E-state index in [0.717, 1.165) is 5.76 Å². The zero-order valence-electron chi connectivity index (χ0n) is 10.0. The molecule has 0 radical (unpaired) electrons. The number of furan rings is 1. The first-order chi connectivity index (χ1) is 9.04. The van der Waals surface area contributed by atoms with Gasteiger partial charge < -0.3 is 9.15 Å². The van der Waals surface area contributed by atoms with Crippen molar-refractivity contribution in [3.8, 4) is 5.75 Å². The lowest BCUT2D eigenvalue weighted by atomic mass is 10.3. The summed E-state index contributed by atoms with van der Waals surface area (Å²) < 4.78 is 11.1. The molecule has 0 aliphatic carbocycles. The molecule has 1 heterocycles. The van der Waals surface area contributed by atoms with E-state index in [1.807, 2.05) is 13.0 Å². The second-order valence-corrected chi connectivity index (χ2v) is 5.07. The Hall–Kier alpha value is -1.52. The number of aryl methyl sites for hydroxylation is 1. The molecule has 98 valence electrons. The topological polar surface area (TPSA) is 39.4 Å². The summed E-state index contributed by atoms with van der Waals surface area (Å²) in [5.41, 5.74) is 0. The van der Waals surface area contributed by atoms with Crippen LogP contribution in [0.4, 0.5) is 0 Å². The molecule has 0 aliphatic heterocycles. The third-order valence-electron chi connectivity index (χ3n) is 2.25. The van der Waals surface area contributed by atoms with Crippen LogP contribution in [-0.4, -0.2) is 5.97 Å². The van der Waals surface area contributed by atoms with Crippen molar-refractivity contribution < 1.29 is 13.9 Å². The summed E-state index contributed by atoms with van der Waals surface area (Å²) in [6, 6.07) is 8.52. The first kappa shape index (κ1) is 13.9. The van der Waals surface area contributed by atoms with E-state index in [2.05, 4.69) is 15.9 Å². The third-order valence-corrected chi connectivity index (χ3v) is 3.10. The molecule has 0 saturated carbocycles. The Morgan fingerprint density at radius 3 is 2.79 bits per heavy atom. The number of rotatable bonds is 3. The van der Waals surface area contributed by atoms with E-state index in [1.165, 1.54) is 6.08 Å². The van der Waals surface area contributed by atoms with Gasteiger partial charge in [-0.1, -0.05) is 11.6 Å². The quantitative estimate of drug-likeness (QED) is 0.464. The van der Waals surface area contributed by atoms with Crippen LogP contribution >= 0.6 is 27.5 Å². The average molecular weight is 342 g/mol. The van der Waals surface area contributed by atoms with Crippen LogP contribution in [0.3, 0.4) is 0 Å². The lowest BCUT2D eigenvalue weighted by molar-refractivity contribution is -0.128. The van der Waals surface area contributed by atoms with Crippen LogP contribution in [0.5, 0.6) is 5.75 Å². The fourth-order valence-corrected chi connectivity index (χ4v) is 2.16. The fourth-order valence-electron chi connectivity index (χ4n) is 1.39. The highest BCUT2D eigenvalue weighted by Gasteiger charge is 2.06. The molecule has 0 bridgehead atoms. The monoisotopic (exact) mass is 340 g/mol. The molecule has 0 saturated heterocycles. The minimum atomic E-state index is -0.489. The summed E-state index contributed by atoms with van der Waals surface area (Å²) in [6.07, 6.45) is 2.86. The molecule has 0 unspecified atom stereocenters. The van der Waals surface area contributed by atoms with Gasteiger partial charge in [0.05, 0.1) is 4.47 Å². The van der Waals surface area contributed by atoms with Gasteiger partial charge in [-0.15, -0.1) is 0 Å². The third kappa shape index (κ3) is 3.98. The van der Waals surface area contributed by atoms with Gasteiger partial charge in [0.2, 0.25) is 0 Å². The summed E-state index contributed by atoms with van der Waals surface area (Å²) in [4.78, 5) is 11.6. The maximum Gasteiger partial charge on any atom is 0.336 e. The van der Waals surface area contributed by atoms with Crippen LogP contribution in [0.15, 0.2) is 45.3 Å². The Morgan fingerprint density at radius 1 is 1.37 bits per heavy atom. The minimum Gasteiger partial charge on any atom is -0.462 e. The van der Waals surface area contributed by atoms with Crippen LogP contribution in [0.1, 0.15) is 11.5 Å². The number of carbonyl (C=O) groups is 1. The van der Waals surface area contributed by atoms with Crippen molar-refractivity contribution in [3.63, 3.8) is 0 Å². The molecule has 5 heteroatoms. The summed E-state index contributed by atoms with van der Waals surface area (Å²) >= 11 is 9.07. The first-order valence-electron chi connectivity index (χ1n) is 5.46. The molecular weight excluding hydrogens is 332 g/mol. The van der Waals surface area contributed by atoms with Gasteiger partial charge in [-0.25, -0.2) is 4.79 Å². The number of benzene rings is 1. The van der Waals surface area contributed by atoms with E-state index >= 15 is 0 Å².